The summed E-state index contributed by atoms with van der Waals surface area (Å²) in [5.74, 6) is 2.11. The first-order valence-corrected chi connectivity index (χ1v) is 7.59. The van der Waals surface area contributed by atoms with Gasteiger partial charge in [0.1, 0.15) is 5.75 Å². The number of hydrogen-bond donors (Lipinski definition) is 1. The molecule has 1 N–H and O–H groups in total. The van der Waals surface area contributed by atoms with Crippen LogP contribution >= 0.6 is 0 Å². The highest BCUT2D eigenvalue weighted by Gasteiger charge is 2.29. The number of rotatable bonds is 6. The lowest BCUT2D eigenvalue weighted by molar-refractivity contribution is 0.0296. The minimum atomic E-state index is 0.245. The maximum atomic E-state index is 5.75. The van der Waals surface area contributed by atoms with Gasteiger partial charge in [-0.05, 0) is 43.4 Å². The second-order valence-electron chi connectivity index (χ2n) is 5.95. The first-order valence-electron chi connectivity index (χ1n) is 7.59. The molecule has 0 aromatic heterocycles. The number of para-hydroxylation sites is 1. The molecule has 0 amide bonds. The molecule has 1 aromatic carbocycles. The van der Waals surface area contributed by atoms with Crippen molar-refractivity contribution >= 4 is 0 Å². The van der Waals surface area contributed by atoms with Crippen molar-refractivity contribution in [1.29, 1.82) is 0 Å². The van der Waals surface area contributed by atoms with Crippen LogP contribution < -0.4 is 10.1 Å². The van der Waals surface area contributed by atoms with Crippen LogP contribution in [0.3, 0.4) is 0 Å². The molecule has 3 heteroatoms. The van der Waals surface area contributed by atoms with Crippen molar-refractivity contribution in [3.05, 3.63) is 29.8 Å². The predicted molar refractivity (Wildman–Crippen MR) is 82.4 cm³/mol. The van der Waals surface area contributed by atoms with E-state index in [4.69, 9.17) is 9.47 Å². The van der Waals surface area contributed by atoms with Crippen molar-refractivity contribution < 1.29 is 9.47 Å². The zero-order valence-electron chi connectivity index (χ0n) is 13.1. The fraction of sp³-hybridized carbons (Fsp3) is 0.647. The van der Waals surface area contributed by atoms with Crippen molar-refractivity contribution in [1.82, 2.24) is 5.32 Å². The normalized spacial score (nSPS) is 21.1. The number of fused-ring (bicyclic) bond motifs is 1. The summed E-state index contributed by atoms with van der Waals surface area (Å²) in [5, 5.41) is 3.45. The summed E-state index contributed by atoms with van der Waals surface area (Å²) in [6, 6.07) is 8.79. The van der Waals surface area contributed by atoms with Crippen LogP contribution in [0.2, 0.25) is 0 Å². The first kappa shape index (κ1) is 15.3. The third-order valence-electron chi connectivity index (χ3n) is 4.32. The van der Waals surface area contributed by atoms with Gasteiger partial charge >= 0.3 is 0 Å². The highest BCUT2D eigenvalue weighted by molar-refractivity contribution is 5.37. The smallest absolute Gasteiger partial charge is 0.122 e. The van der Waals surface area contributed by atoms with Gasteiger partial charge in [-0.25, -0.2) is 0 Å². The fourth-order valence-electron chi connectivity index (χ4n) is 3.28. The summed E-state index contributed by atoms with van der Waals surface area (Å²) in [7, 11) is 3.84. The molecule has 112 valence electrons. The second-order valence-corrected chi connectivity index (χ2v) is 5.95. The summed E-state index contributed by atoms with van der Waals surface area (Å²) >= 11 is 0. The molecule has 3 nitrogen and oxygen atoms in total. The quantitative estimate of drug-likeness (QED) is 0.866. The van der Waals surface area contributed by atoms with Gasteiger partial charge in [-0.3, -0.25) is 0 Å². The van der Waals surface area contributed by atoms with Gasteiger partial charge in [0.15, 0.2) is 0 Å². The number of methoxy groups -OCH3 is 1. The van der Waals surface area contributed by atoms with Crippen LogP contribution in [0.4, 0.5) is 0 Å². The van der Waals surface area contributed by atoms with Crippen LogP contribution in [0.5, 0.6) is 5.75 Å². The van der Waals surface area contributed by atoms with E-state index in [9.17, 15) is 0 Å². The second kappa shape index (κ2) is 7.09. The average Bonchev–Trinajstić information content (AvgIpc) is 2.46. The monoisotopic (exact) mass is 277 g/mol. The molecular formula is C17H27NO2. The van der Waals surface area contributed by atoms with Crippen LogP contribution in [-0.4, -0.2) is 32.9 Å². The molecule has 1 aromatic rings. The third-order valence-corrected chi connectivity index (χ3v) is 4.32. The number of likely N-dealkylation sites (N-methyl/N-ethyl adjacent to an activating group) is 1. The maximum absolute atomic E-state index is 5.75. The molecule has 2 rings (SSSR count). The van der Waals surface area contributed by atoms with Gasteiger partial charge < -0.3 is 14.8 Å². The first-order chi connectivity index (χ1) is 9.67. The molecule has 1 aliphatic heterocycles. The van der Waals surface area contributed by atoms with Crippen LogP contribution in [-0.2, 0) is 4.74 Å². The van der Waals surface area contributed by atoms with E-state index in [2.05, 4.69) is 37.4 Å². The van der Waals surface area contributed by atoms with Crippen LogP contribution in [0.25, 0.3) is 0 Å². The molecule has 0 radical (unpaired) electrons. The summed E-state index contributed by atoms with van der Waals surface area (Å²) < 4.78 is 11.5. The Morgan fingerprint density at radius 1 is 1.35 bits per heavy atom. The Hall–Kier alpha value is -1.06. The molecule has 3 atom stereocenters. The number of benzene rings is 1. The zero-order chi connectivity index (χ0) is 14.5. The summed E-state index contributed by atoms with van der Waals surface area (Å²) in [6.45, 7) is 5.25. The largest absolute Gasteiger partial charge is 0.493 e. The molecule has 20 heavy (non-hydrogen) atoms. The summed E-state index contributed by atoms with van der Waals surface area (Å²) in [5.41, 5.74) is 1.35. The Balaban J connectivity index is 2.12. The van der Waals surface area contributed by atoms with Crippen LogP contribution in [0.1, 0.15) is 38.2 Å². The molecule has 0 aliphatic carbocycles. The predicted octanol–water partition coefficient (Wildman–Crippen LogP) is 3.20. The van der Waals surface area contributed by atoms with Gasteiger partial charge in [-0.2, -0.15) is 0 Å². The van der Waals surface area contributed by atoms with Crippen molar-refractivity contribution in [3.8, 4) is 5.75 Å². The lowest BCUT2D eigenvalue weighted by Crippen LogP contribution is -2.43. The van der Waals surface area contributed by atoms with E-state index in [1.165, 1.54) is 5.56 Å². The average molecular weight is 277 g/mol. The Morgan fingerprint density at radius 2 is 2.10 bits per heavy atom. The minimum absolute atomic E-state index is 0.245. The van der Waals surface area contributed by atoms with Gasteiger partial charge in [0.05, 0.1) is 12.7 Å². The van der Waals surface area contributed by atoms with Crippen molar-refractivity contribution in [3.63, 3.8) is 0 Å². The van der Waals surface area contributed by atoms with E-state index in [0.717, 1.165) is 25.2 Å². The highest BCUT2D eigenvalue weighted by Crippen LogP contribution is 2.37. The zero-order valence-corrected chi connectivity index (χ0v) is 13.1. The molecule has 1 aliphatic rings. The van der Waals surface area contributed by atoms with Gasteiger partial charge in [0.25, 0.3) is 0 Å². The molecular weight excluding hydrogens is 250 g/mol. The standard InChI is InChI=1S/C17H27NO2/c1-12(2)17(19-4)15(18-3)11-13-9-10-20-16-8-6-5-7-14(13)16/h5-8,12-13,15,17-18H,9-11H2,1-4H3. The van der Waals surface area contributed by atoms with Gasteiger partial charge in [0.2, 0.25) is 0 Å². The lowest BCUT2D eigenvalue weighted by atomic mass is 9.84. The molecule has 0 bridgehead atoms. The molecule has 1 heterocycles. The van der Waals surface area contributed by atoms with Gasteiger partial charge in [-0.1, -0.05) is 32.0 Å². The SMILES string of the molecule is CNC(CC1CCOc2ccccc21)C(OC)C(C)C. The van der Waals surface area contributed by atoms with Crippen LogP contribution in [0, 0.1) is 5.92 Å². The Kier molecular flexibility index (Phi) is 5.44. The highest BCUT2D eigenvalue weighted by atomic mass is 16.5. The maximum Gasteiger partial charge on any atom is 0.122 e. The fourth-order valence-corrected chi connectivity index (χ4v) is 3.28. The topological polar surface area (TPSA) is 30.5 Å². The van der Waals surface area contributed by atoms with Crippen molar-refractivity contribution in [2.75, 3.05) is 20.8 Å². The van der Waals surface area contributed by atoms with E-state index in [-0.39, 0.29) is 6.10 Å². The molecule has 0 spiro atoms. The van der Waals surface area contributed by atoms with Crippen molar-refractivity contribution in [2.24, 2.45) is 5.92 Å². The summed E-state index contributed by atoms with van der Waals surface area (Å²) in [6.07, 6.45) is 2.42. The van der Waals surface area contributed by atoms with Gasteiger partial charge in [0, 0.05) is 13.2 Å². The number of nitrogens with one attached hydrogen (secondary N) is 1. The molecule has 0 fully saturated rings. The van der Waals surface area contributed by atoms with E-state index >= 15 is 0 Å². The summed E-state index contributed by atoms with van der Waals surface area (Å²) in [4.78, 5) is 0. The third kappa shape index (κ3) is 3.33. The number of ether oxygens (including phenoxy) is 2. The van der Waals surface area contributed by atoms with E-state index < -0.39 is 0 Å². The van der Waals surface area contributed by atoms with Crippen molar-refractivity contribution in [2.45, 2.75) is 44.8 Å². The molecule has 3 unspecified atom stereocenters. The van der Waals surface area contributed by atoms with E-state index in [1.807, 2.05) is 20.2 Å². The lowest BCUT2D eigenvalue weighted by Gasteiger charge is -2.34. The Bertz CT molecular complexity index is 419. The Labute approximate surface area is 122 Å². The molecule has 0 saturated heterocycles. The van der Waals surface area contributed by atoms with E-state index in [0.29, 0.717) is 17.9 Å². The van der Waals surface area contributed by atoms with Gasteiger partial charge in [-0.15, -0.1) is 0 Å². The van der Waals surface area contributed by atoms with Crippen LogP contribution in [0.15, 0.2) is 24.3 Å². The van der Waals surface area contributed by atoms with E-state index in [1.54, 1.807) is 0 Å². The number of hydrogen-bond acceptors (Lipinski definition) is 3. The minimum Gasteiger partial charge on any atom is -0.493 e. The molecule has 0 saturated carbocycles. The Morgan fingerprint density at radius 3 is 2.75 bits per heavy atom.